The lowest BCUT2D eigenvalue weighted by molar-refractivity contribution is -0.142. The molecule has 2 rings (SSSR count). The van der Waals surface area contributed by atoms with E-state index in [1.54, 1.807) is 11.8 Å². The molecule has 0 bridgehead atoms. The van der Waals surface area contributed by atoms with Gasteiger partial charge in [0.1, 0.15) is 11.8 Å². The summed E-state index contributed by atoms with van der Waals surface area (Å²) in [5, 5.41) is 2.98. The maximum atomic E-state index is 13.1. The molecule has 0 saturated heterocycles. The van der Waals surface area contributed by atoms with E-state index in [0.29, 0.717) is 18.2 Å². The molecule has 1 N–H and O–H groups in total. The Morgan fingerprint density at radius 2 is 1.71 bits per heavy atom. The number of benzene rings is 2. The zero-order valence-electron chi connectivity index (χ0n) is 19.6. The van der Waals surface area contributed by atoms with Crippen LogP contribution in [0.4, 0.5) is 0 Å². The quantitative estimate of drug-likeness (QED) is 0.594. The van der Waals surface area contributed by atoms with Crippen molar-refractivity contribution in [3.8, 4) is 5.75 Å². The second-order valence-electron chi connectivity index (χ2n) is 8.52. The standard InChI is InChI=1S/C26H36N2O3/c1-7-20(5)27-26(30)21(6)28(16-22-10-8-9-19(4)15-22)25(29)17-31-24-13-11-23(12-14-24)18(2)3/h8-15,18,20-21H,7,16-17H2,1-6H3,(H,27,30)/t20-,21+/m1/s1. The van der Waals surface area contributed by atoms with Gasteiger partial charge >= 0.3 is 0 Å². The van der Waals surface area contributed by atoms with Gasteiger partial charge in [-0.05, 0) is 56.4 Å². The maximum Gasteiger partial charge on any atom is 0.261 e. The Labute approximate surface area is 186 Å². The third-order valence-electron chi connectivity index (χ3n) is 5.51. The van der Waals surface area contributed by atoms with Crippen LogP contribution in [0.25, 0.3) is 0 Å². The van der Waals surface area contributed by atoms with Gasteiger partial charge in [0.2, 0.25) is 5.91 Å². The van der Waals surface area contributed by atoms with E-state index in [0.717, 1.165) is 17.5 Å². The molecule has 2 aromatic carbocycles. The molecule has 0 saturated carbocycles. The molecule has 0 radical (unpaired) electrons. The SMILES string of the molecule is CC[C@@H](C)NC(=O)[C@H](C)N(Cc1cccc(C)c1)C(=O)COc1ccc(C(C)C)cc1. The van der Waals surface area contributed by atoms with Crippen molar-refractivity contribution < 1.29 is 14.3 Å². The van der Waals surface area contributed by atoms with Gasteiger partial charge in [-0.3, -0.25) is 9.59 Å². The summed E-state index contributed by atoms with van der Waals surface area (Å²) in [4.78, 5) is 27.4. The van der Waals surface area contributed by atoms with Gasteiger partial charge in [0, 0.05) is 12.6 Å². The summed E-state index contributed by atoms with van der Waals surface area (Å²) >= 11 is 0. The molecule has 5 heteroatoms. The number of aryl methyl sites for hydroxylation is 1. The number of carbonyl (C=O) groups excluding carboxylic acids is 2. The second-order valence-corrected chi connectivity index (χ2v) is 8.52. The van der Waals surface area contributed by atoms with E-state index in [4.69, 9.17) is 4.74 Å². The highest BCUT2D eigenvalue weighted by atomic mass is 16.5. The molecule has 5 nitrogen and oxygen atoms in total. The molecule has 0 heterocycles. The van der Waals surface area contributed by atoms with Crippen molar-refractivity contribution in [2.75, 3.05) is 6.61 Å². The van der Waals surface area contributed by atoms with E-state index in [1.165, 1.54) is 5.56 Å². The fraction of sp³-hybridized carbons (Fsp3) is 0.462. The Hall–Kier alpha value is -2.82. The van der Waals surface area contributed by atoms with E-state index in [2.05, 4.69) is 19.2 Å². The average molecular weight is 425 g/mol. The first kappa shape index (κ1) is 24.4. The average Bonchev–Trinajstić information content (AvgIpc) is 2.75. The molecule has 2 aromatic rings. The zero-order valence-corrected chi connectivity index (χ0v) is 19.6. The van der Waals surface area contributed by atoms with Gasteiger partial charge in [0.05, 0.1) is 0 Å². The maximum absolute atomic E-state index is 13.1. The Morgan fingerprint density at radius 3 is 2.29 bits per heavy atom. The van der Waals surface area contributed by atoms with Crippen molar-refractivity contribution in [2.24, 2.45) is 0 Å². The van der Waals surface area contributed by atoms with E-state index in [9.17, 15) is 9.59 Å². The predicted octanol–water partition coefficient (Wildman–Crippen LogP) is 4.83. The molecule has 2 amide bonds. The van der Waals surface area contributed by atoms with Crippen LogP contribution in [0.5, 0.6) is 5.75 Å². The number of nitrogens with zero attached hydrogens (tertiary/aromatic N) is 1. The third-order valence-corrected chi connectivity index (χ3v) is 5.51. The molecule has 0 aliphatic heterocycles. The number of nitrogens with one attached hydrogen (secondary N) is 1. The summed E-state index contributed by atoms with van der Waals surface area (Å²) in [5.41, 5.74) is 3.32. The van der Waals surface area contributed by atoms with Crippen LogP contribution in [0.15, 0.2) is 48.5 Å². The van der Waals surface area contributed by atoms with Crippen molar-refractivity contribution in [3.63, 3.8) is 0 Å². The molecule has 0 aromatic heterocycles. The molecule has 2 atom stereocenters. The second kappa shape index (κ2) is 11.5. The summed E-state index contributed by atoms with van der Waals surface area (Å²) < 4.78 is 5.75. The molecule has 0 fully saturated rings. The lowest BCUT2D eigenvalue weighted by Gasteiger charge is -2.29. The van der Waals surface area contributed by atoms with Crippen molar-refractivity contribution in [2.45, 2.75) is 72.5 Å². The highest BCUT2D eigenvalue weighted by Gasteiger charge is 2.27. The summed E-state index contributed by atoms with van der Waals surface area (Å²) in [6.07, 6.45) is 0.833. The number of hydrogen-bond acceptors (Lipinski definition) is 3. The largest absolute Gasteiger partial charge is 0.484 e. The highest BCUT2D eigenvalue weighted by molar-refractivity contribution is 5.88. The van der Waals surface area contributed by atoms with Gasteiger partial charge in [-0.15, -0.1) is 0 Å². The number of ether oxygens (including phenoxy) is 1. The number of amides is 2. The number of rotatable bonds is 10. The first-order chi connectivity index (χ1) is 14.7. The Kier molecular flexibility index (Phi) is 9.10. The molecule has 168 valence electrons. The van der Waals surface area contributed by atoms with Crippen LogP contribution in [0.1, 0.15) is 63.6 Å². The van der Waals surface area contributed by atoms with Crippen LogP contribution in [-0.4, -0.2) is 35.4 Å². The first-order valence-electron chi connectivity index (χ1n) is 11.1. The van der Waals surface area contributed by atoms with Crippen molar-refractivity contribution in [3.05, 3.63) is 65.2 Å². The van der Waals surface area contributed by atoms with Crippen LogP contribution < -0.4 is 10.1 Å². The van der Waals surface area contributed by atoms with Gasteiger partial charge in [0.25, 0.3) is 5.91 Å². The van der Waals surface area contributed by atoms with Gasteiger partial charge in [-0.2, -0.15) is 0 Å². The van der Waals surface area contributed by atoms with Crippen LogP contribution in [0, 0.1) is 6.92 Å². The van der Waals surface area contributed by atoms with E-state index in [-0.39, 0.29) is 24.5 Å². The van der Waals surface area contributed by atoms with Gasteiger partial charge in [0.15, 0.2) is 6.61 Å². The minimum Gasteiger partial charge on any atom is -0.484 e. The molecule has 0 spiro atoms. The molecule has 0 aliphatic rings. The summed E-state index contributed by atoms with van der Waals surface area (Å²) in [5.74, 6) is 0.702. The Morgan fingerprint density at radius 1 is 1.03 bits per heavy atom. The van der Waals surface area contributed by atoms with Gasteiger partial charge in [-0.1, -0.05) is 62.7 Å². The smallest absolute Gasteiger partial charge is 0.261 e. The lowest BCUT2D eigenvalue weighted by atomic mass is 10.0. The van der Waals surface area contributed by atoms with E-state index < -0.39 is 6.04 Å². The van der Waals surface area contributed by atoms with Crippen LogP contribution in [-0.2, 0) is 16.1 Å². The molecule has 0 aliphatic carbocycles. The number of hydrogen-bond donors (Lipinski definition) is 1. The van der Waals surface area contributed by atoms with E-state index in [1.807, 2.05) is 69.3 Å². The fourth-order valence-electron chi connectivity index (χ4n) is 3.23. The third kappa shape index (κ3) is 7.42. The van der Waals surface area contributed by atoms with Crippen LogP contribution in [0.2, 0.25) is 0 Å². The topological polar surface area (TPSA) is 58.6 Å². The molecular formula is C26H36N2O3. The zero-order chi connectivity index (χ0) is 23.0. The van der Waals surface area contributed by atoms with Crippen molar-refractivity contribution >= 4 is 11.8 Å². The van der Waals surface area contributed by atoms with Crippen molar-refractivity contribution in [1.82, 2.24) is 10.2 Å². The Balaban J connectivity index is 2.13. The normalized spacial score (nSPS) is 12.9. The minimum absolute atomic E-state index is 0.0570. The summed E-state index contributed by atoms with van der Waals surface area (Å²) in [7, 11) is 0. The predicted molar refractivity (Wildman–Crippen MR) is 125 cm³/mol. The van der Waals surface area contributed by atoms with Gasteiger partial charge < -0.3 is 15.0 Å². The van der Waals surface area contributed by atoms with Crippen LogP contribution in [0.3, 0.4) is 0 Å². The Bertz CT molecular complexity index is 861. The number of carbonyl (C=O) groups is 2. The molecule has 0 unspecified atom stereocenters. The van der Waals surface area contributed by atoms with Crippen molar-refractivity contribution in [1.29, 1.82) is 0 Å². The minimum atomic E-state index is -0.603. The van der Waals surface area contributed by atoms with E-state index >= 15 is 0 Å². The monoisotopic (exact) mass is 424 g/mol. The van der Waals surface area contributed by atoms with Crippen LogP contribution >= 0.6 is 0 Å². The summed E-state index contributed by atoms with van der Waals surface area (Å²) in [6.45, 7) is 12.3. The highest BCUT2D eigenvalue weighted by Crippen LogP contribution is 2.19. The summed E-state index contributed by atoms with van der Waals surface area (Å²) in [6, 6.07) is 15.2. The lowest BCUT2D eigenvalue weighted by Crippen LogP contribution is -2.50. The van der Waals surface area contributed by atoms with Gasteiger partial charge in [-0.25, -0.2) is 0 Å². The first-order valence-corrected chi connectivity index (χ1v) is 11.1. The molecule has 31 heavy (non-hydrogen) atoms. The molecular weight excluding hydrogens is 388 g/mol. The fourth-order valence-corrected chi connectivity index (χ4v) is 3.23.